The lowest BCUT2D eigenvalue weighted by Crippen LogP contribution is -2.36. The molecule has 0 atom stereocenters. The molecule has 0 bridgehead atoms. The zero-order valence-corrected chi connectivity index (χ0v) is 12.5. The van der Waals surface area contributed by atoms with Gasteiger partial charge in [-0.2, -0.15) is 4.39 Å². The molecule has 1 N–H and O–H groups in total. The van der Waals surface area contributed by atoms with Crippen LogP contribution >= 0.6 is 0 Å². The number of aryl methyl sites for hydroxylation is 1. The van der Waals surface area contributed by atoms with E-state index in [0.717, 1.165) is 44.2 Å². The summed E-state index contributed by atoms with van der Waals surface area (Å²) in [5.74, 6) is -1.00. The number of hydrogen-bond donors (Lipinski definition) is 1. The van der Waals surface area contributed by atoms with Gasteiger partial charge in [0, 0.05) is 12.1 Å². The molecule has 8 heteroatoms. The quantitative estimate of drug-likeness (QED) is 0.683. The molecule has 116 valence electrons. The molecule has 1 aromatic carbocycles. The Hall–Kier alpha value is -1.54. The van der Waals surface area contributed by atoms with Gasteiger partial charge in [0.2, 0.25) is 15.8 Å². The van der Waals surface area contributed by atoms with Crippen LogP contribution in [0.3, 0.4) is 0 Å². The Labute approximate surface area is 122 Å². The largest absolute Gasteiger partial charge is 0.306 e. The van der Waals surface area contributed by atoms with Gasteiger partial charge in [-0.25, -0.2) is 13.1 Å². The van der Waals surface area contributed by atoms with Gasteiger partial charge >= 0.3 is 5.69 Å². The fourth-order valence-corrected chi connectivity index (χ4v) is 3.92. The van der Waals surface area contributed by atoms with E-state index in [-0.39, 0.29) is 16.5 Å². The second kappa shape index (κ2) is 6.07. The van der Waals surface area contributed by atoms with E-state index >= 15 is 0 Å². The second-order valence-electron chi connectivity index (χ2n) is 5.29. The molecular formula is C13H17FN2O4S. The zero-order valence-electron chi connectivity index (χ0n) is 11.6. The number of sulfonamides is 1. The smallest absolute Gasteiger partial charge is 0.258 e. The van der Waals surface area contributed by atoms with E-state index in [9.17, 15) is 22.9 Å². The maximum Gasteiger partial charge on any atom is 0.306 e. The summed E-state index contributed by atoms with van der Waals surface area (Å²) in [6, 6.07) is 1.73. The maximum absolute atomic E-state index is 13.6. The molecule has 0 radical (unpaired) electrons. The van der Waals surface area contributed by atoms with E-state index in [2.05, 4.69) is 4.72 Å². The number of hydrogen-bond acceptors (Lipinski definition) is 4. The van der Waals surface area contributed by atoms with Crippen molar-refractivity contribution in [1.82, 2.24) is 4.72 Å². The third kappa shape index (κ3) is 3.56. The summed E-state index contributed by atoms with van der Waals surface area (Å²) in [6.07, 6.45) is 4.49. The zero-order chi connectivity index (χ0) is 15.6. The minimum atomic E-state index is -3.88. The van der Waals surface area contributed by atoms with E-state index in [0.29, 0.717) is 0 Å². The number of nitro groups is 1. The maximum atomic E-state index is 13.6. The van der Waals surface area contributed by atoms with E-state index in [4.69, 9.17) is 0 Å². The van der Waals surface area contributed by atoms with Crippen LogP contribution in [0.25, 0.3) is 0 Å². The Bertz CT molecular complexity index is 654. The van der Waals surface area contributed by atoms with E-state index in [1.807, 2.05) is 0 Å². The molecule has 6 nitrogen and oxygen atoms in total. The summed E-state index contributed by atoms with van der Waals surface area (Å²) in [5.41, 5.74) is -0.882. The average molecular weight is 316 g/mol. The number of rotatable bonds is 4. The minimum Gasteiger partial charge on any atom is -0.258 e. The lowest BCUT2D eigenvalue weighted by Gasteiger charge is -2.22. The number of halogens is 1. The van der Waals surface area contributed by atoms with Crippen molar-refractivity contribution in [3.8, 4) is 0 Å². The number of nitrogens with zero attached hydrogens (tertiary/aromatic N) is 1. The van der Waals surface area contributed by atoms with E-state index in [1.165, 1.54) is 6.92 Å². The summed E-state index contributed by atoms with van der Waals surface area (Å²) < 4.78 is 40.7. The van der Waals surface area contributed by atoms with Crippen molar-refractivity contribution in [1.29, 1.82) is 0 Å². The minimum absolute atomic E-state index is 0.0618. The Morgan fingerprint density at radius 2 is 1.90 bits per heavy atom. The highest BCUT2D eigenvalue weighted by molar-refractivity contribution is 7.89. The molecule has 0 spiro atoms. The number of nitrogens with one attached hydrogen (secondary N) is 1. The first-order chi connectivity index (χ1) is 9.81. The predicted octanol–water partition coefficient (Wildman–Crippen LogP) is 2.65. The normalized spacial score (nSPS) is 16.9. The van der Waals surface area contributed by atoms with Crippen molar-refractivity contribution in [3.05, 3.63) is 33.6 Å². The lowest BCUT2D eigenvalue weighted by molar-refractivity contribution is -0.387. The highest BCUT2D eigenvalue weighted by Crippen LogP contribution is 2.26. The number of benzene rings is 1. The molecule has 0 aromatic heterocycles. The van der Waals surface area contributed by atoms with Gasteiger partial charge in [-0.3, -0.25) is 10.1 Å². The van der Waals surface area contributed by atoms with Gasteiger partial charge in [0.25, 0.3) is 0 Å². The van der Waals surface area contributed by atoms with Crippen LogP contribution in [0, 0.1) is 22.9 Å². The first kappa shape index (κ1) is 15.8. The second-order valence-corrected chi connectivity index (χ2v) is 7.00. The highest BCUT2D eigenvalue weighted by atomic mass is 32.2. The van der Waals surface area contributed by atoms with Crippen molar-refractivity contribution in [2.45, 2.75) is 50.0 Å². The van der Waals surface area contributed by atoms with Crippen LogP contribution in [0.2, 0.25) is 0 Å². The van der Waals surface area contributed by atoms with Gasteiger partial charge < -0.3 is 0 Å². The van der Waals surface area contributed by atoms with Crippen LogP contribution in [0.1, 0.15) is 37.7 Å². The molecule has 21 heavy (non-hydrogen) atoms. The van der Waals surface area contributed by atoms with Gasteiger partial charge in [-0.15, -0.1) is 0 Å². The van der Waals surface area contributed by atoms with Crippen LogP contribution in [-0.2, 0) is 10.0 Å². The Kier molecular flexibility index (Phi) is 4.58. The topological polar surface area (TPSA) is 89.3 Å². The molecule has 1 aromatic rings. The molecule has 1 aliphatic rings. The van der Waals surface area contributed by atoms with Gasteiger partial charge in [-0.05, 0) is 31.4 Å². The monoisotopic (exact) mass is 316 g/mol. The van der Waals surface area contributed by atoms with Crippen molar-refractivity contribution >= 4 is 15.7 Å². The third-order valence-electron chi connectivity index (χ3n) is 3.64. The van der Waals surface area contributed by atoms with Gasteiger partial charge in [0.1, 0.15) is 0 Å². The van der Waals surface area contributed by atoms with Crippen molar-refractivity contribution in [3.63, 3.8) is 0 Å². The summed E-state index contributed by atoms with van der Waals surface area (Å²) in [5, 5.41) is 10.8. The highest BCUT2D eigenvalue weighted by Gasteiger charge is 2.26. The number of nitro benzene ring substituents is 1. The lowest BCUT2D eigenvalue weighted by atomic mass is 9.96. The SMILES string of the molecule is Cc1cc(S(=O)(=O)NC2CCCCC2)cc([N+](=O)[O-])c1F. The fourth-order valence-electron chi connectivity index (χ4n) is 2.51. The molecule has 1 aliphatic carbocycles. The van der Waals surface area contributed by atoms with Crippen LogP contribution < -0.4 is 4.72 Å². The third-order valence-corrected chi connectivity index (χ3v) is 5.14. The van der Waals surface area contributed by atoms with Gasteiger partial charge in [0.05, 0.1) is 9.82 Å². The predicted molar refractivity (Wildman–Crippen MR) is 75.0 cm³/mol. The molecule has 1 saturated carbocycles. The fraction of sp³-hybridized carbons (Fsp3) is 0.538. The van der Waals surface area contributed by atoms with E-state index < -0.39 is 26.5 Å². The first-order valence-electron chi connectivity index (χ1n) is 6.78. The molecule has 2 rings (SSSR count). The Morgan fingerprint density at radius 3 is 2.48 bits per heavy atom. The first-order valence-corrected chi connectivity index (χ1v) is 8.26. The van der Waals surface area contributed by atoms with E-state index in [1.54, 1.807) is 0 Å². The van der Waals surface area contributed by atoms with Crippen LogP contribution in [0.15, 0.2) is 17.0 Å². The average Bonchev–Trinajstić information content (AvgIpc) is 2.41. The molecule has 0 amide bonds. The van der Waals surface area contributed by atoms with Crippen LogP contribution in [0.4, 0.5) is 10.1 Å². The summed E-state index contributed by atoms with van der Waals surface area (Å²) in [4.78, 5) is 9.61. The molecule has 1 fully saturated rings. The van der Waals surface area contributed by atoms with Gasteiger partial charge in [-0.1, -0.05) is 19.3 Å². The molecular weight excluding hydrogens is 299 g/mol. The van der Waals surface area contributed by atoms with Crippen LogP contribution in [0.5, 0.6) is 0 Å². The Balaban J connectivity index is 2.33. The Morgan fingerprint density at radius 1 is 1.29 bits per heavy atom. The molecule has 0 unspecified atom stereocenters. The van der Waals surface area contributed by atoms with Crippen molar-refractivity contribution in [2.24, 2.45) is 0 Å². The summed E-state index contributed by atoms with van der Waals surface area (Å²) in [6.45, 7) is 1.31. The van der Waals surface area contributed by atoms with Crippen LogP contribution in [-0.4, -0.2) is 19.4 Å². The molecule has 0 saturated heterocycles. The van der Waals surface area contributed by atoms with Crippen molar-refractivity contribution < 1.29 is 17.7 Å². The van der Waals surface area contributed by atoms with Crippen molar-refractivity contribution in [2.75, 3.05) is 0 Å². The summed E-state index contributed by atoms with van der Waals surface area (Å²) >= 11 is 0. The summed E-state index contributed by atoms with van der Waals surface area (Å²) in [7, 11) is -3.88. The molecule has 0 aliphatic heterocycles. The standard InChI is InChI=1S/C13H17FN2O4S/c1-9-7-11(8-12(13(9)14)16(17)18)21(19,20)15-10-5-3-2-4-6-10/h7-8,10,15H,2-6H2,1H3. The van der Waals surface area contributed by atoms with Gasteiger partial charge in [0.15, 0.2) is 0 Å². The molecule has 0 heterocycles.